The highest BCUT2D eigenvalue weighted by Gasteiger charge is 2.42. The molecule has 190 valence electrons. The van der Waals surface area contributed by atoms with E-state index in [0.29, 0.717) is 37.2 Å². The maximum absolute atomic E-state index is 13.7. The fraction of sp³-hybridized carbons (Fsp3) is 0.643. The fourth-order valence-corrected chi connectivity index (χ4v) is 5.55. The summed E-state index contributed by atoms with van der Waals surface area (Å²) >= 11 is 0. The quantitative estimate of drug-likeness (QED) is 0.410. The van der Waals surface area contributed by atoms with Gasteiger partial charge in [-0.2, -0.15) is 5.26 Å². The molecule has 1 aromatic carbocycles. The molecule has 2 amide bonds. The van der Waals surface area contributed by atoms with Crippen molar-refractivity contribution < 1.29 is 9.59 Å². The smallest absolute Gasteiger partial charge is 0.246 e. The molecule has 7 nitrogen and oxygen atoms in total. The predicted octanol–water partition coefficient (Wildman–Crippen LogP) is 4.18. The fourth-order valence-electron chi connectivity index (χ4n) is 5.55. The molecule has 0 bridgehead atoms. The van der Waals surface area contributed by atoms with Crippen molar-refractivity contribution >= 4 is 17.6 Å². The van der Waals surface area contributed by atoms with Crippen molar-refractivity contribution in [1.29, 1.82) is 5.26 Å². The molecule has 1 aliphatic heterocycles. The van der Waals surface area contributed by atoms with E-state index in [1.54, 1.807) is 0 Å². The minimum atomic E-state index is -0.902. The monoisotopic (exact) mass is 479 g/mol. The molecular formula is C28H41N5O2. The summed E-state index contributed by atoms with van der Waals surface area (Å²) < 4.78 is 0. The van der Waals surface area contributed by atoms with E-state index in [1.165, 1.54) is 26.2 Å². The van der Waals surface area contributed by atoms with Gasteiger partial charge < -0.3 is 10.6 Å². The third-order valence-corrected chi connectivity index (χ3v) is 7.54. The zero-order valence-electron chi connectivity index (χ0n) is 21.6. The van der Waals surface area contributed by atoms with Crippen LogP contribution in [0.2, 0.25) is 0 Å². The zero-order valence-corrected chi connectivity index (χ0v) is 21.6. The second-order valence-electron chi connectivity index (χ2n) is 10.2. The number of nitriles is 1. The molecule has 0 aromatic heterocycles. The molecular weight excluding hydrogens is 438 g/mol. The van der Waals surface area contributed by atoms with Gasteiger partial charge in [-0.25, -0.2) is 0 Å². The van der Waals surface area contributed by atoms with Gasteiger partial charge in [0.25, 0.3) is 0 Å². The van der Waals surface area contributed by atoms with E-state index in [0.717, 1.165) is 37.8 Å². The lowest BCUT2D eigenvalue weighted by atomic mass is 9.84. The Labute approximate surface area is 210 Å². The second-order valence-corrected chi connectivity index (χ2v) is 10.2. The van der Waals surface area contributed by atoms with Gasteiger partial charge >= 0.3 is 0 Å². The Morgan fingerprint density at radius 2 is 1.86 bits per heavy atom. The lowest BCUT2D eigenvalue weighted by Crippen LogP contribution is -2.53. The average Bonchev–Trinajstić information content (AvgIpc) is 3.29. The van der Waals surface area contributed by atoms with Crippen molar-refractivity contribution in [3.63, 3.8) is 0 Å². The normalized spacial score (nSPS) is 22.5. The van der Waals surface area contributed by atoms with Crippen LogP contribution in [0.3, 0.4) is 0 Å². The van der Waals surface area contributed by atoms with Crippen molar-refractivity contribution in [3.05, 3.63) is 35.9 Å². The van der Waals surface area contributed by atoms with E-state index in [1.807, 2.05) is 30.3 Å². The highest BCUT2D eigenvalue weighted by Crippen LogP contribution is 2.30. The Bertz CT molecular complexity index is 915. The van der Waals surface area contributed by atoms with Crippen LogP contribution in [0.1, 0.15) is 84.1 Å². The maximum Gasteiger partial charge on any atom is 0.246 e. The number of nitrogens with zero attached hydrogens (tertiary/aromatic N) is 3. The van der Waals surface area contributed by atoms with Crippen molar-refractivity contribution in [1.82, 2.24) is 15.5 Å². The van der Waals surface area contributed by atoms with Gasteiger partial charge in [-0.1, -0.05) is 76.3 Å². The zero-order chi connectivity index (χ0) is 25.3. The van der Waals surface area contributed by atoms with Gasteiger partial charge in [0.1, 0.15) is 17.4 Å². The first kappa shape index (κ1) is 26.9. The van der Waals surface area contributed by atoms with Gasteiger partial charge in [-0.3, -0.25) is 19.5 Å². The van der Waals surface area contributed by atoms with Crippen LogP contribution in [0.4, 0.5) is 0 Å². The van der Waals surface area contributed by atoms with Crippen LogP contribution >= 0.6 is 0 Å². The first-order chi connectivity index (χ1) is 16.9. The van der Waals surface area contributed by atoms with Crippen LogP contribution < -0.4 is 10.6 Å². The van der Waals surface area contributed by atoms with E-state index in [-0.39, 0.29) is 11.8 Å². The lowest BCUT2D eigenvalue weighted by molar-refractivity contribution is -0.124. The molecule has 2 N–H and O–H groups in total. The summed E-state index contributed by atoms with van der Waals surface area (Å²) in [7, 11) is 0. The number of hydrogen-bond acceptors (Lipinski definition) is 5. The molecule has 35 heavy (non-hydrogen) atoms. The first-order valence-corrected chi connectivity index (χ1v) is 13.3. The number of hydrogen-bond donors (Lipinski definition) is 2. The van der Waals surface area contributed by atoms with Gasteiger partial charge in [-0.05, 0) is 31.6 Å². The minimum absolute atomic E-state index is 0.220. The molecule has 1 unspecified atom stereocenters. The van der Waals surface area contributed by atoms with Gasteiger partial charge in [0.15, 0.2) is 0 Å². The number of amidine groups is 1. The molecule has 1 aromatic rings. The summed E-state index contributed by atoms with van der Waals surface area (Å²) in [6.45, 7) is 7.13. The topological polar surface area (TPSA) is 97.6 Å². The molecule has 3 rings (SSSR count). The molecule has 1 saturated heterocycles. The lowest BCUT2D eigenvalue weighted by Gasteiger charge is -2.30. The largest absolute Gasteiger partial charge is 0.335 e. The van der Waals surface area contributed by atoms with Crippen molar-refractivity contribution in [3.8, 4) is 6.07 Å². The van der Waals surface area contributed by atoms with Crippen LogP contribution in [-0.2, 0) is 9.59 Å². The molecule has 7 heteroatoms. The Hall–Kier alpha value is -2.72. The molecule has 1 saturated carbocycles. The van der Waals surface area contributed by atoms with Gasteiger partial charge in [0.05, 0.1) is 6.07 Å². The Kier molecular flexibility index (Phi) is 9.85. The highest BCUT2D eigenvalue weighted by atomic mass is 16.2. The van der Waals surface area contributed by atoms with Gasteiger partial charge in [0.2, 0.25) is 11.8 Å². The third kappa shape index (κ3) is 7.38. The molecule has 2 fully saturated rings. The van der Waals surface area contributed by atoms with E-state index >= 15 is 0 Å². The summed E-state index contributed by atoms with van der Waals surface area (Å²) in [5.74, 6) is 0.377. The van der Waals surface area contributed by atoms with Crippen LogP contribution in [-0.4, -0.2) is 53.3 Å². The second kappa shape index (κ2) is 12.8. The average molecular weight is 480 g/mol. The number of nitrogens with one attached hydrogen (secondary N) is 2. The van der Waals surface area contributed by atoms with E-state index < -0.39 is 11.6 Å². The maximum atomic E-state index is 13.7. The van der Waals surface area contributed by atoms with E-state index in [2.05, 4.69) is 35.5 Å². The number of rotatable bonds is 9. The number of aliphatic imine (C=N–C) groups is 1. The van der Waals surface area contributed by atoms with Crippen LogP contribution in [0, 0.1) is 17.2 Å². The SMILES string of the molecule is CCC(CC)N1CCC(C#N)(NC(=O)[C@H](CC2CCCCC2)N=C(NC(C)=O)c2ccccc2)C1. The Balaban J connectivity index is 1.86. The highest BCUT2D eigenvalue weighted by molar-refractivity contribution is 6.08. The van der Waals surface area contributed by atoms with Crippen LogP contribution in [0.25, 0.3) is 0 Å². The van der Waals surface area contributed by atoms with Crippen LogP contribution in [0.5, 0.6) is 0 Å². The van der Waals surface area contributed by atoms with Crippen LogP contribution in [0.15, 0.2) is 35.3 Å². The van der Waals surface area contributed by atoms with Crippen molar-refractivity contribution in [2.45, 2.75) is 96.2 Å². The molecule has 2 aliphatic rings. The number of amides is 2. The molecule has 0 spiro atoms. The Morgan fingerprint density at radius 1 is 1.17 bits per heavy atom. The third-order valence-electron chi connectivity index (χ3n) is 7.54. The minimum Gasteiger partial charge on any atom is -0.335 e. The Morgan fingerprint density at radius 3 is 2.46 bits per heavy atom. The predicted molar refractivity (Wildman–Crippen MR) is 139 cm³/mol. The van der Waals surface area contributed by atoms with E-state index in [9.17, 15) is 14.9 Å². The summed E-state index contributed by atoms with van der Waals surface area (Å²) in [5.41, 5.74) is -0.138. The summed E-state index contributed by atoms with van der Waals surface area (Å²) in [6, 6.07) is 11.6. The number of carbonyl (C=O) groups excluding carboxylic acids is 2. The molecule has 1 heterocycles. The first-order valence-electron chi connectivity index (χ1n) is 13.3. The van der Waals surface area contributed by atoms with Gasteiger partial charge in [-0.15, -0.1) is 0 Å². The summed E-state index contributed by atoms with van der Waals surface area (Å²) in [6.07, 6.45) is 9.05. The summed E-state index contributed by atoms with van der Waals surface area (Å²) in [5, 5.41) is 16.1. The number of likely N-dealkylation sites (tertiary alicyclic amines) is 1. The van der Waals surface area contributed by atoms with Gasteiger partial charge in [0, 0.05) is 31.6 Å². The molecule has 2 atom stereocenters. The number of benzene rings is 1. The molecule has 0 radical (unpaired) electrons. The molecule has 1 aliphatic carbocycles. The number of carbonyl (C=O) groups is 2. The van der Waals surface area contributed by atoms with E-state index in [4.69, 9.17) is 4.99 Å². The summed E-state index contributed by atoms with van der Waals surface area (Å²) in [4.78, 5) is 32.8. The van der Waals surface area contributed by atoms with Crippen molar-refractivity contribution in [2.24, 2.45) is 10.9 Å². The van der Waals surface area contributed by atoms with Crippen molar-refractivity contribution in [2.75, 3.05) is 13.1 Å². The standard InChI is InChI=1S/C28H41N5O2/c1-4-24(5-2)33-17-16-28(19-29,20-33)32-27(35)25(18-22-12-8-6-9-13-22)31-26(30-21(3)34)23-14-10-7-11-15-23/h7,10-11,14-15,22,24-25H,4-6,8-9,12-13,16-18,20H2,1-3H3,(H,32,35)(H,30,31,34)/t25-,28?/m0/s1.